The largest absolute Gasteiger partial charge is 0.356 e. The fraction of sp³-hybridized carbons (Fsp3) is 0.450. The van der Waals surface area contributed by atoms with Crippen LogP contribution in [0.5, 0.6) is 0 Å². The number of amides is 1. The molecule has 1 heterocycles. The van der Waals surface area contributed by atoms with Crippen LogP contribution in [-0.2, 0) is 24.2 Å². The maximum absolute atomic E-state index is 11.7. The summed E-state index contributed by atoms with van der Waals surface area (Å²) in [6.07, 6.45) is 5.25. The van der Waals surface area contributed by atoms with Crippen molar-refractivity contribution < 1.29 is 4.79 Å². The van der Waals surface area contributed by atoms with Gasteiger partial charge in [-0.1, -0.05) is 26.0 Å². The minimum atomic E-state index is 0.0495. The summed E-state index contributed by atoms with van der Waals surface area (Å²) in [5.41, 5.74) is 1.91. The number of guanidine groups is 1. The lowest BCUT2D eigenvalue weighted by atomic mass is 10.2. The van der Waals surface area contributed by atoms with Crippen LogP contribution in [-0.4, -0.2) is 30.4 Å². The van der Waals surface area contributed by atoms with E-state index >= 15 is 0 Å². The van der Waals surface area contributed by atoms with E-state index in [1.165, 1.54) is 4.88 Å². The van der Waals surface area contributed by atoms with Gasteiger partial charge in [0, 0.05) is 49.7 Å². The van der Waals surface area contributed by atoms with Crippen molar-refractivity contribution in [2.75, 3.05) is 18.9 Å². The average Bonchev–Trinajstić information content (AvgIpc) is 3.13. The van der Waals surface area contributed by atoms with Gasteiger partial charge in [-0.2, -0.15) is 0 Å². The smallest absolute Gasteiger partial charge is 0.224 e. The maximum Gasteiger partial charge on any atom is 0.224 e. The fourth-order valence-corrected chi connectivity index (χ4v) is 3.39. The zero-order chi connectivity index (χ0) is 19.5. The molecule has 0 aliphatic heterocycles. The molecule has 2 rings (SSSR count). The van der Waals surface area contributed by atoms with Crippen molar-refractivity contribution in [2.45, 2.75) is 46.1 Å². The van der Waals surface area contributed by atoms with E-state index in [4.69, 9.17) is 0 Å². The first-order valence-electron chi connectivity index (χ1n) is 9.41. The Morgan fingerprint density at radius 2 is 2.11 bits per heavy atom. The van der Waals surface area contributed by atoms with Gasteiger partial charge in [0.25, 0.3) is 0 Å². The fourth-order valence-electron chi connectivity index (χ4n) is 2.53. The summed E-state index contributed by atoms with van der Waals surface area (Å²) in [5, 5.41) is 10.7. The Labute approximate surface area is 165 Å². The SMILES string of the molecule is CCCC(=O)Nc1cccc(CNC(=NC)NCCc2ncc(CC)s2)c1. The van der Waals surface area contributed by atoms with Crippen LogP contribution in [0.25, 0.3) is 0 Å². The Morgan fingerprint density at radius 1 is 1.26 bits per heavy atom. The number of thiazole rings is 1. The molecule has 0 unspecified atom stereocenters. The second-order valence-corrected chi connectivity index (χ2v) is 7.37. The Bertz CT molecular complexity index is 756. The van der Waals surface area contributed by atoms with Crippen molar-refractivity contribution in [3.63, 3.8) is 0 Å². The predicted molar refractivity (Wildman–Crippen MR) is 113 cm³/mol. The number of aliphatic imine (C=N–C) groups is 1. The number of anilines is 1. The van der Waals surface area contributed by atoms with Crippen LogP contribution in [0.15, 0.2) is 35.5 Å². The van der Waals surface area contributed by atoms with E-state index in [1.54, 1.807) is 18.4 Å². The number of carbonyl (C=O) groups excluding carboxylic acids is 1. The van der Waals surface area contributed by atoms with Crippen molar-refractivity contribution in [3.8, 4) is 0 Å². The van der Waals surface area contributed by atoms with E-state index in [1.807, 2.05) is 37.4 Å². The lowest BCUT2D eigenvalue weighted by molar-refractivity contribution is -0.116. The number of nitrogens with one attached hydrogen (secondary N) is 3. The van der Waals surface area contributed by atoms with E-state index in [0.717, 1.165) is 48.0 Å². The van der Waals surface area contributed by atoms with Gasteiger partial charge in [-0.15, -0.1) is 11.3 Å². The number of hydrogen-bond donors (Lipinski definition) is 3. The van der Waals surface area contributed by atoms with E-state index in [0.29, 0.717) is 13.0 Å². The summed E-state index contributed by atoms with van der Waals surface area (Å²) in [6.45, 7) is 5.55. The number of hydrogen-bond acceptors (Lipinski definition) is 4. The first-order valence-corrected chi connectivity index (χ1v) is 10.2. The predicted octanol–water partition coefficient (Wildman–Crippen LogP) is 3.35. The zero-order valence-corrected chi connectivity index (χ0v) is 17.2. The molecule has 6 nitrogen and oxygen atoms in total. The van der Waals surface area contributed by atoms with Gasteiger partial charge in [-0.3, -0.25) is 9.79 Å². The lowest BCUT2D eigenvalue weighted by Crippen LogP contribution is -2.37. The van der Waals surface area contributed by atoms with Crippen LogP contribution in [0.2, 0.25) is 0 Å². The molecule has 0 saturated heterocycles. The van der Waals surface area contributed by atoms with E-state index in [9.17, 15) is 4.79 Å². The first kappa shape index (κ1) is 20.9. The lowest BCUT2D eigenvalue weighted by Gasteiger charge is -2.12. The second kappa shape index (κ2) is 11.3. The molecule has 3 N–H and O–H groups in total. The molecular weight excluding hydrogens is 358 g/mol. The molecule has 1 aromatic heterocycles. The topological polar surface area (TPSA) is 78.4 Å². The van der Waals surface area contributed by atoms with Gasteiger partial charge in [-0.25, -0.2) is 4.98 Å². The minimum Gasteiger partial charge on any atom is -0.356 e. The van der Waals surface area contributed by atoms with Gasteiger partial charge in [0.15, 0.2) is 5.96 Å². The molecule has 0 bridgehead atoms. The van der Waals surface area contributed by atoms with Crippen molar-refractivity contribution in [1.29, 1.82) is 0 Å². The summed E-state index contributed by atoms with van der Waals surface area (Å²) >= 11 is 1.77. The molecule has 1 aromatic carbocycles. The molecule has 27 heavy (non-hydrogen) atoms. The Balaban J connectivity index is 1.78. The molecule has 0 saturated carbocycles. The monoisotopic (exact) mass is 387 g/mol. The molecule has 1 amide bonds. The number of aromatic nitrogens is 1. The molecule has 0 fully saturated rings. The number of rotatable bonds is 9. The highest BCUT2D eigenvalue weighted by molar-refractivity contribution is 7.11. The van der Waals surface area contributed by atoms with Crippen molar-refractivity contribution in [1.82, 2.24) is 15.6 Å². The highest BCUT2D eigenvalue weighted by atomic mass is 32.1. The van der Waals surface area contributed by atoms with Gasteiger partial charge in [0.05, 0.1) is 5.01 Å². The molecule has 0 aliphatic rings. The average molecular weight is 388 g/mol. The third-order valence-electron chi connectivity index (χ3n) is 3.95. The summed E-state index contributed by atoms with van der Waals surface area (Å²) in [6, 6.07) is 7.86. The molecule has 0 spiro atoms. The Hall–Kier alpha value is -2.41. The first-order chi connectivity index (χ1) is 13.1. The summed E-state index contributed by atoms with van der Waals surface area (Å²) in [7, 11) is 1.76. The summed E-state index contributed by atoms with van der Waals surface area (Å²) in [5.74, 6) is 0.802. The van der Waals surface area contributed by atoms with Gasteiger partial charge in [0.1, 0.15) is 0 Å². The second-order valence-electron chi connectivity index (χ2n) is 6.17. The number of benzene rings is 1. The number of nitrogens with zero attached hydrogens (tertiary/aromatic N) is 2. The maximum atomic E-state index is 11.7. The molecule has 0 aliphatic carbocycles. The standard InChI is InChI=1S/C20H29N5OS/c1-4-7-18(26)25-16-9-6-8-15(12-16)13-24-20(21-3)22-11-10-19-23-14-17(5-2)27-19/h6,8-9,12,14H,4-5,7,10-11,13H2,1-3H3,(H,25,26)(H2,21,22,24). The van der Waals surface area contributed by atoms with E-state index < -0.39 is 0 Å². The molecule has 7 heteroatoms. The highest BCUT2D eigenvalue weighted by Crippen LogP contribution is 2.13. The van der Waals surface area contributed by atoms with Crippen LogP contribution >= 0.6 is 11.3 Å². The third-order valence-corrected chi connectivity index (χ3v) is 5.15. The van der Waals surface area contributed by atoms with Crippen LogP contribution < -0.4 is 16.0 Å². The minimum absolute atomic E-state index is 0.0495. The van der Waals surface area contributed by atoms with Gasteiger partial charge < -0.3 is 16.0 Å². The highest BCUT2D eigenvalue weighted by Gasteiger charge is 2.04. The third kappa shape index (κ3) is 7.38. The van der Waals surface area contributed by atoms with Gasteiger partial charge in [-0.05, 0) is 30.5 Å². The van der Waals surface area contributed by atoms with Crippen LogP contribution in [0.3, 0.4) is 0 Å². The summed E-state index contributed by atoms with van der Waals surface area (Å²) < 4.78 is 0. The zero-order valence-electron chi connectivity index (χ0n) is 16.3. The molecule has 146 valence electrons. The van der Waals surface area contributed by atoms with Gasteiger partial charge >= 0.3 is 0 Å². The number of aryl methyl sites for hydroxylation is 1. The van der Waals surface area contributed by atoms with E-state index in [-0.39, 0.29) is 5.91 Å². The van der Waals surface area contributed by atoms with Crippen LogP contribution in [0, 0.1) is 0 Å². The van der Waals surface area contributed by atoms with Crippen LogP contribution in [0.4, 0.5) is 5.69 Å². The normalized spacial score (nSPS) is 11.3. The van der Waals surface area contributed by atoms with Gasteiger partial charge in [0.2, 0.25) is 5.91 Å². The molecule has 0 atom stereocenters. The number of carbonyl (C=O) groups is 1. The van der Waals surface area contributed by atoms with E-state index in [2.05, 4.69) is 32.9 Å². The quantitative estimate of drug-likeness (QED) is 0.455. The van der Waals surface area contributed by atoms with Crippen molar-refractivity contribution in [2.24, 2.45) is 4.99 Å². The van der Waals surface area contributed by atoms with Crippen molar-refractivity contribution >= 4 is 28.9 Å². The molecular formula is C20H29N5OS. The molecule has 2 aromatic rings. The Morgan fingerprint density at radius 3 is 2.81 bits per heavy atom. The van der Waals surface area contributed by atoms with Crippen molar-refractivity contribution in [3.05, 3.63) is 45.9 Å². The summed E-state index contributed by atoms with van der Waals surface area (Å²) in [4.78, 5) is 21.7. The molecule has 0 radical (unpaired) electrons. The Kier molecular flexibility index (Phi) is 8.77. The van der Waals surface area contributed by atoms with Crippen LogP contribution in [0.1, 0.15) is 42.1 Å².